The van der Waals surface area contributed by atoms with Crippen molar-refractivity contribution in [2.45, 2.75) is 0 Å². The van der Waals surface area contributed by atoms with E-state index in [9.17, 15) is 0 Å². The summed E-state index contributed by atoms with van der Waals surface area (Å²) >= 11 is 0. The van der Waals surface area contributed by atoms with Crippen LogP contribution in [-0.2, 0) is 0 Å². The quantitative estimate of drug-likeness (QED) is 0.544. The van der Waals surface area contributed by atoms with Crippen LogP contribution in [0.5, 0.6) is 0 Å². The SMILES string of the molecule is [C]1=CC=C2C=CC=CC=C2N1. The lowest BCUT2D eigenvalue weighted by molar-refractivity contribution is 1.04. The summed E-state index contributed by atoms with van der Waals surface area (Å²) in [7, 11) is 0. The van der Waals surface area contributed by atoms with Gasteiger partial charge in [-0.2, -0.15) is 0 Å². The van der Waals surface area contributed by atoms with E-state index in [2.05, 4.69) is 17.6 Å². The predicted octanol–water partition coefficient (Wildman–Crippen LogP) is 1.84. The van der Waals surface area contributed by atoms with E-state index in [1.165, 1.54) is 5.57 Å². The van der Waals surface area contributed by atoms with Crippen LogP contribution in [0.3, 0.4) is 0 Å². The molecule has 0 bridgehead atoms. The number of hydrogen-bond acceptors (Lipinski definition) is 1. The normalized spacial score (nSPS) is 19.6. The molecule has 1 aliphatic carbocycles. The zero-order valence-corrected chi connectivity index (χ0v) is 6.04. The minimum Gasteiger partial charge on any atom is -0.353 e. The fraction of sp³-hybridized carbons (Fsp3) is 0. The topological polar surface area (TPSA) is 12.0 Å². The molecule has 0 spiro atoms. The first kappa shape index (κ1) is 6.23. The lowest BCUT2D eigenvalue weighted by Gasteiger charge is -2.09. The van der Waals surface area contributed by atoms with Gasteiger partial charge in [-0.3, -0.25) is 0 Å². The molecule has 0 amide bonds. The first-order valence-corrected chi connectivity index (χ1v) is 3.57. The van der Waals surface area contributed by atoms with Gasteiger partial charge in [-0.1, -0.05) is 30.4 Å². The molecule has 0 saturated carbocycles. The van der Waals surface area contributed by atoms with E-state index in [1.807, 2.05) is 36.5 Å². The Labute approximate surface area is 66.1 Å². The molecule has 0 fully saturated rings. The van der Waals surface area contributed by atoms with Crippen LogP contribution in [0.2, 0.25) is 0 Å². The summed E-state index contributed by atoms with van der Waals surface area (Å²) < 4.78 is 0. The molecule has 0 unspecified atom stereocenters. The summed E-state index contributed by atoms with van der Waals surface area (Å²) in [6.45, 7) is 0. The Morgan fingerprint density at radius 1 is 1.09 bits per heavy atom. The van der Waals surface area contributed by atoms with Gasteiger partial charge in [0.2, 0.25) is 0 Å². The molecule has 0 aromatic heterocycles. The summed E-state index contributed by atoms with van der Waals surface area (Å²) in [5.41, 5.74) is 2.31. The molecule has 0 aromatic carbocycles. The lowest BCUT2D eigenvalue weighted by Crippen LogP contribution is -2.09. The first-order valence-electron chi connectivity index (χ1n) is 3.57. The molecule has 1 aliphatic heterocycles. The fourth-order valence-corrected chi connectivity index (χ4v) is 1.07. The number of nitrogens with one attached hydrogen (secondary N) is 1. The molecule has 1 heterocycles. The number of allylic oxidation sites excluding steroid dienone is 7. The number of dihydropyridines is 1. The molecular weight excluding hydrogens is 134 g/mol. The zero-order chi connectivity index (χ0) is 7.52. The summed E-state index contributed by atoms with van der Waals surface area (Å²) in [5, 5.41) is 3.05. The Morgan fingerprint density at radius 2 is 2.09 bits per heavy atom. The van der Waals surface area contributed by atoms with Gasteiger partial charge >= 0.3 is 0 Å². The predicted molar refractivity (Wildman–Crippen MR) is 45.4 cm³/mol. The van der Waals surface area contributed by atoms with Crippen molar-refractivity contribution in [2.24, 2.45) is 0 Å². The van der Waals surface area contributed by atoms with Crippen LogP contribution in [0.1, 0.15) is 0 Å². The second-order valence-electron chi connectivity index (χ2n) is 2.38. The Hall–Kier alpha value is -1.50. The number of rotatable bonds is 0. The molecule has 1 heteroatoms. The first-order chi connectivity index (χ1) is 5.47. The monoisotopic (exact) mass is 142 g/mol. The van der Waals surface area contributed by atoms with Crippen LogP contribution < -0.4 is 5.32 Å². The van der Waals surface area contributed by atoms with Gasteiger partial charge in [0.25, 0.3) is 0 Å². The minimum atomic E-state index is 1.11. The highest BCUT2D eigenvalue weighted by Gasteiger charge is 2.02. The van der Waals surface area contributed by atoms with E-state index in [4.69, 9.17) is 0 Å². The summed E-state index contributed by atoms with van der Waals surface area (Å²) in [5.74, 6) is 0. The molecule has 11 heavy (non-hydrogen) atoms. The van der Waals surface area contributed by atoms with Gasteiger partial charge in [0.15, 0.2) is 0 Å². The van der Waals surface area contributed by atoms with Crippen molar-refractivity contribution < 1.29 is 0 Å². The van der Waals surface area contributed by atoms with Gasteiger partial charge in [0.05, 0.1) is 6.20 Å². The maximum Gasteiger partial charge on any atom is 0.0623 e. The van der Waals surface area contributed by atoms with Gasteiger partial charge in [0.1, 0.15) is 0 Å². The van der Waals surface area contributed by atoms with Crippen molar-refractivity contribution in [3.8, 4) is 0 Å². The third-order valence-corrected chi connectivity index (χ3v) is 1.62. The highest BCUT2D eigenvalue weighted by molar-refractivity contribution is 5.47. The maximum absolute atomic E-state index is 3.05. The Morgan fingerprint density at radius 3 is 3.09 bits per heavy atom. The second-order valence-corrected chi connectivity index (χ2v) is 2.38. The van der Waals surface area contributed by atoms with Crippen molar-refractivity contribution in [2.75, 3.05) is 0 Å². The molecule has 0 aromatic rings. The molecule has 1 N–H and O–H groups in total. The van der Waals surface area contributed by atoms with Crippen LogP contribution in [0.25, 0.3) is 0 Å². The molecule has 53 valence electrons. The maximum atomic E-state index is 3.05. The Bertz CT molecular complexity index is 301. The minimum absolute atomic E-state index is 1.11. The van der Waals surface area contributed by atoms with Crippen LogP contribution in [0.15, 0.2) is 53.8 Å². The molecule has 0 atom stereocenters. The summed E-state index contributed by atoms with van der Waals surface area (Å²) in [6, 6.07) is 0. The van der Waals surface area contributed by atoms with Crippen molar-refractivity contribution in [1.29, 1.82) is 0 Å². The third-order valence-electron chi connectivity index (χ3n) is 1.62. The van der Waals surface area contributed by atoms with Gasteiger partial charge in [-0.25, -0.2) is 0 Å². The average molecular weight is 142 g/mol. The van der Waals surface area contributed by atoms with Crippen LogP contribution in [0.4, 0.5) is 0 Å². The van der Waals surface area contributed by atoms with E-state index in [1.54, 1.807) is 0 Å². The standard InChI is InChI=1S/C10H8N/c1-2-5-9-6-4-8-11-10(9)7-3-1/h1-7,11H. The smallest absolute Gasteiger partial charge is 0.0623 e. The van der Waals surface area contributed by atoms with E-state index < -0.39 is 0 Å². The van der Waals surface area contributed by atoms with E-state index in [0.717, 1.165) is 5.70 Å². The number of hydrogen-bond donors (Lipinski definition) is 1. The highest BCUT2D eigenvalue weighted by Crippen LogP contribution is 2.14. The van der Waals surface area contributed by atoms with Crippen molar-refractivity contribution >= 4 is 0 Å². The Balaban J connectivity index is 2.44. The second kappa shape index (κ2) is 2.62. The Kier molecular flexibility index (Phi) is 1.48. The molecule has 2 rings (SSSR count). The van der Waals surface area contributed by atoms with Crippen molar-refractivity contribution in [3.63, 3.8) is 0 Å². The molecular formula is C10H8N. The summed E-state index contributed by atoms with van der Waals surface area (Å²) in [4.78, 5) is 0. The van der Waals surface area contributed by atoms with Crippen molar-refractivity contribution in [1.82, 2.24) is 5.32 Å². The van der Waals surface area contributed by atoms with E-state index in [-0.39, 0.29) is 0 Å². The number of fused-ring (bicyclic) bond motifs is 1. The summed E-state index contributed by atoms with van der Waals surface area (Å²) in [6.07, 6.45) is 17.0. The van der Waals surface area contributed by atoms with Gasteiger partial charge in [-0.15, -0.1) is 0 Å². The zero-order valence-electron chi connectivity index (χ0n) is 6.04. The molecule has 1 nitrogen and oxygen atoms in total. The van der Waals surface area contributed by atoms with Gasteiger partial charge in [0, 0.05) is 5.70 Å². The van der Waals surface area contributed by atoms with Gasteiger partial charge in [-0.05, 0) is 17.7 Å². The lowest BCUT2D eigenvalue weighted by atomic mass is 10.1. The van der Waals surface area contributed by atoms with Crippen LogP contribution in [0, 0.1) is 6.20 Å². The van der Waals surface area contributed by atoms with Gasteiger partial charge < -0.3 is 5.32 Å². The average Bonchev–Trinajstić information content (AvgIpc) is 2.28. The highest BCUT2D eigenvalue weighted by atomic mass is 14.9. The fourth-order valence-electron chi connectivity index (χ4n) is 1.07. The van der Waals surface area contributed by atoms with Crippen LogP contribution >= 0.6 is 0 Å². The molecule has 2 aliphatic rings. The molecule has 0 saturated heterocycles. The van der Waals surface area contributed by atoms with E-state index >= 15 is 0 Å². The van der Waals surface area contributed by atoms with E-state index in [0.29, 0.717) is 0 Å². The largest absolute Gasteiger partial charge is 0.353 e. The van der Waals surface area contributed by atoms with Crippen molar-refractivity contribution in [3.05, 3.63) is 60.0 Å². The third kappa shape index (κ3) is 1.17. The molecule has 1 radical (unpaired) electrons. The van der Waals surface area contributed by atoms with Crippen LogP contribution in [-0.4, -0.2) is 0 Å².